The van der Waals surface area contributed by atoms with Gasteiger partial charge in [-0.1, -0.05) is 28.1 Å². The van der Waals surface area contributed by atoms with Crippen LogP contribution in [0.4, 0.5) is 0 Å². The maximum Gasteiger partial charge on any atom is 0.244 e. The Morgan fingerprint density at radius 3 is 2.68 bits per heavy atom. The van der Waals surface area contributed by atoms with E-state index in [9.17, 15) is 4.79 Å². The molecule has 0 spiro atoms. The number of benzene rings is 1. The largest absolute Gasteiger partial charge is 0.467 e. The highest BCUT2D eigenvalue weighted by Gasteiger charge is 2.09. The SMILES string of the molecule is C[C@@H](NC(=O)/C=C/c1ccc(Br)cc1)c1ccco1. The van der Waals surface area contributed by atoms with Crippen molar-refractivity contribution in [2.45, 2.75) is 13.0 Å². The first-order chi connectivity index (χ1) is 9.15. The van der Waals surface area contributed by atoms with E-state index in [1.165, 1.54) is 6.08 Å². The molecular weight excluding hydrogens is 306 g/mol. The molecule has 1 aromatic carbocycles. The molecule has 0 aliphatic carbocycles. The molecule has 2 aromatic rings. The molecule has 19 heavy (non-hydrogen) atoms. The highest BCUT2D eigenvalue weighted by Crippen LogP contribution is 2.13. The minimum absolute atomic E-state index is 0.142. The lowest BCUT2D eigenvalue weighted by Gasteiger charge is -2.08. The van der Waals surface area contributed by atoms with Gasteiger partial charge < -0.3 is 9.73 Å². The van der Waals surface area contributed by atoms with Crippen LogP contribution >= 0.6 is 15.9 Å². The van der Waals surface area contributed by atoms with Crippen molar-refractivity contribution in [3.05, 3.63) is 64.5 Å². The lowest BCUT2D eigenvalue weighted by atomic mass is 10.2. The normalized spacial score (nSPS) is 12.5. The topological polar surface area (TPSA) is 42.2 Å². The fourth-order valence-corrected chi connectivity index (χ4v) is 1.88. The Hall–Kier alpha value is -1.81. The fourth-order valence-electron chi connectivity index (χ4n) is 1.62. The Bertz CT molecular complexity index is 558. The standard InChI is InChI=1S/C15H14BrNO2/c1-11(14-3-2-10-19-14)17-15(18)9-6-12-4-7-13(16)8-5-12/h2-11H,1H3,(H,17,18)/b9-6+/t11-/m1/s1. The van der Waals surface area contributed by atoms with Crippen molar-refractivity contribution in [1.82, 2.24) is 5.32 Å². The molecule has 1 N–H and O–H groups in total. The molecule has 0 unspecified atom stereocenters. The van der Waals surface area contributed by atoms with E-state index in [-0.39, 0.29) is 11.9 Å². The molecule has 0 bridgehead atoms. The molecule has 0 fully saturated rings. The van der Waals surface area contributed by atoms with Gasteiger partial charge in [-0.2, -0.15) is 0 Å². The highest BCUT2D eigenvalue weighted by molar-refractivity contribution is 9.10. The van der Waals surface area contributed by atoms with Gasteiger partial charge in [0.15, 0.2) is 0 Å². The van der Waals surface area contributed by atoms with Gasteiger partial charge in [0.2, 0.25) is 5.91 Å². The summed E-state index contributed by atoms with van der Waals surface area (Å²) in [5, 5.41) is 2.84. The second-order valence-corrected chi connectivity index (χ2v) is 5.05. The molecule has 0 saturated carbocycles. The number of amides is 1. The van der Waals surface area contributed by atoms with Crippen LogP contribution in [0.5, 0.6) is 0 Å². The molecule has 1 aromatic heterocycles. The zero-order valence-corrected chi connectivity index (χ0v) is 12.1. The van der Waals surface area contributed by atoms with Gasteiger partial charge in [-0.25, -0.2) is 0 Å². The van der Waals surface area contributed by atoms with Gasteiger partial charge in [-0.15, -0.1) is 0 Å². The first-order valence-electron chi connectivity index (χ1n) is 5.93. The first-order valence-corrected chi connectivity index (χ1v) is 6.72. The maximum atomic E-state index is 11.7. The highest BCUT2D eigenvalue weighted by atomic mass is 79.9. The quantitative estimate of drug-likeness (QED) is 0.867. The molecule has 0 saturated heterocycles. The van der Waals surface area contributed by atoms with Crippen molar-refractivity contribution >= 4 is 27.9 Å². The summed E-state index contributed by atoms with van der Waals surface area (Å²) in [5.41, 5.74) is 0.976. The molecule has 1 atom stereocenters. The minimum atomic E-state index is -0.146. The average molecular weight is 320 g/mol. The van der Waals surface area contributed by atoms with E-state index in [1.807, 2.05) is 37.3 Å². The van der Waals surface area contributed by atoms with Crippen molar-refractivity contribution in [1.29, 1.82) is 0 Å². The number of furan rings is 1. The van der Waals surface area contributed by atoms with Gasteiger partial charge in [-0.05, 0) is 42.8 Å². The lowest BCUT2D eigenvalue weighted by Crippen LogP contribution is -2.24. The summed E-state index contributed by atoms with van der Waals surface area (Å²) in [6, 6.07) is 11.2. The Morgan fingerprint density at radius 1 is 1.32 bits per heavy atom. The second-order valence-electron chi connectivity index (χ2n) is 4.13. The van der Waals surface area contributed by atoms with Crippen LogP contribution in [0.15, 0.2) is 57.6 Å². The van der Waals surface area contributed by atoms with Gasteiger partial charge in [0.05, 0.1) is 12.3 Å². The number of rotatable bonds is 4. The monoisotopic (exact) mass is 319 g/mol. The molecule has 0 radical (unpaired) electrons. The van der Waals surface area contributed by atoms with Crippen molar-refractivity contribution in [3.8, 4) is 0 Å². The summed E-state index contributed by atoms with van der Waals surface area (Å²) in [6.07, 6.45) is 4.88. The fraction of sp³-hybridized carbons (Fsp3) is 0.133. The summed E-state index contributed by atoms with van der Waals surface area (Å²) in [7, 11) is 0. The zero-order valence-electron chi connectivity index (χ0n) is 10.5. The number of hydrogen-bond acceptors (Lipinski definition) is 2. The maximum absolute atomic E-state index is 11.7. The Labute approximate surface area is 120 Å². The van der Waals surface area contributed by atoms with Crippen molar-refractivity contribution < 1.29 is 9.21 Å². The van der Waals surface area contributed by atoms with Crippen LogP contribution in [-0.4, -0.2) is 5.91 Å². The molecule has 1 heterocycles. The van der Waals surface area contributed by atoms with Gasteiger partial charge in [0, 0.05) is 10.5 Å². The number of carbonyl (C=O) groups is 1. The van der Waals surface area contributed by atoms with E-state index >= 15 is 0 Å². The summed E-state index contributed by atoms with van der Waals surface area (Å²) in [5.74, 6) is 0.595. The van der Waals surface area contributed by atoms with Crippen LogP contribution in [0.3, 0.4) is 0 Å². The van der Waals surface area contributed by atoms with Gasteiger partial charge in [0.1, 0.15) is 5.76 Å². The number of halogens is 1. The predicted octanol–water partition coefficient (Wildman–Crippen LogP) is 3.93. The Balaban J connectivity index is 1.92. The Kier molecular flexibility index (Phi) is 4.58. The summed E-state index contributed by atoms with van der Waals surface area (Å²) in [4.78, 5) is 11.7. The predicted molar refractivity (Wildman–Crippen MR) is 78.4 cm³/mol. The van der Waals surface area contributed by atoms with Gasteiger partial charge >= 0.3 is 0 Å². The molecule has 4 heteroatoms. The molecule has 98 valence electrons. The molecule has 0 aliphatic rings. The van der Waals surface area contributed by atoms with E-state index in [2.05, 4.69) is 21.2 Å². The number of nitrogens with one attached hydrogen (secondary N) is 1. The van der Waals surface area contributed by atoms with E-state index in [0.717, 1.165) is 15.8 Å². The van der Waals surface area contributed by atoms with Crippen LogP contribution in [0.25, 0.3) is 6.08 Å². The lowest BCUT2D eigenvalue weighted by molar-refractivity contribution is -0.117. The smallest absolute Gasteiger partial charge is 0.244 e. The summed E-state index contributed by atoms with van der Waals surface area (Å²) < 4.78 is 6.24. The van der Waals surface area contributed by atoms with Crippen LogP contribution < -0.4 is 5.32 Å². The second kappa shape index (κ2) is 6.38. The third-order valence-corrected chi connectivity index (χ3v) is 3.15. The van der Waals surface area contributed by atoms with Gasteiger partial charge in [0.25, 0.3) is 0 Å². The third-order valence-electron chi connectivity index (χ3n) is 2.63. The summed E-state index contributed by atoms with van der Waals surface area (Å²) >= 11 is 3.37. The molecule has 0 aliphatic heterocycles. The van der Waals surface area contributed by atoms with Crippen molar-refractivity contribution in [2.75, 3.05) is 0 Å². The minimum Gasteiger partial charge on any atom is -0.467 e. The van der Waals surface area contributed by atoms with Crippen LogP contribution in [0.1, 0.15) is 24.3 Å². The molecular formula is C15H14BrNO2. The van der Waals surface area contributed by atoms with E-state index in [1.54, 1.807) is 18.4 Å². The van der Waals surface area contributed by atoms with Crippen molar-refractivity contribution in [3.63, 3.8) is 0 Å². The first kappa shape index (κ1) is 13.6. The Morgan fingerprint density at radius 2 is 2.05 bits per heavy atom. The van der Waals surface area contributed by atoms with Crippen molar-refractivity contribution in [2.24, 2.45) is 0 Å². The zero-order chi connectivity index (χ0) is 13.7. The molecule has 2 rings (SSSR count). The number of carbonyl (C=O) groups excluding carboxylic acids is 1. The van der Waals surface area contributed by atoms with Crippen LogP contribution in [-0.2, 0) is 4.79 Å². The molecule has 1 amide bonds. The van der Waals surface area contributed by atoms with Crippen LogP contribution in [0.2, 0.25) is 0 Å². The van der Waals surface area contributed by atoms with E-state index in [4.69, 9.17) is 4.42 Å². The van der Waals surface area contributed by atoms with Gasteiger partial charge in [-0.3, -0.25) is 4.79 Å². The average Bonchev–Trinajstić information content (AvgIpc) is 2.92. The van der Waals surface area contributed by atoms with E-state index in [0.29, 0.717) is 0 Å². The third kappa shape index (κ3) is 4.10. The van der Waals surface area contributed by atoms with Crippen LogP contribution in [0, 0.1) is 0 Å². The number of hydrogen-bond donors (Lipinski definition) is 1. The van der Waals surface area contributed by atoms with E-state index < -0.39 is 0 Å². The summed E-state index contributed by atoms with van der Waals surface area (Å²) in [6.45, 7) is 1.88. The molecule has 3 nitrogen and oxygen atoms in total.